The molecule has 7 nitrogen and oxygen atoms in total. The van der Waals surface area contributed by atoms with E-state index < -0.39 is 28.5 Å². The van der Waals surface area contributed by atoms with Crippen molar-refractivity contribution in [3.8, 4) is 5.69 Å². The minimum Gasteiger partial charge on any atom is -0.396 e. The fraction of sp³-hybridized carbons (Fsp3) is 0.154. The van der Waals surface area contributed by atoms with Gasteiger partial charge in [-0.25, -0.2) is 9.67 Å². The number of pyridine rings is 1. The Morgan fingerprint density at radius 3 is 2.59 bits per heavy atom. The third-order valence-electron chi connectivity index (χ3n) is 5.39. The molecule has 1 amide bonds. The molecule has 0 radical (unpaired) electrons. The van der Waals surface area contributed by atoms with Gasteiger partial charge in [0.15, 0.2) is 5.78 Å². The fourth-order valence-electron chi connectivity index (χ4n) is 3.56. The molecule has 39 heavy (non-hydrogen) atoms. The van der Waals surface area contributed by atoms with E-state index in [9.17, 15) is 22.8 Å². The van der Waals surface area contributed by atoms with Crippen LogP contribution in [-0.2, 0) is 11.9 Å². The molecular formula is C26H19Cl2F3N4O3S. The molecule has 0 aliphatic rings. The average molecular weight is 595 g/mol. The molecule has 2 N–H and O–H groups in total. The first-order chi connectivity index (χ1) is 18.6. The Bertz CT molecular complexity index is 1530. The lowest BCUT2D eigenvalue weighted by Gasteiger charge is -2.11. The molecule has 0 spiro atoms. The van der Waals surface area contributed by atoms with Gasteiger partial charge in [-0.15, -0.1) is 0 Å². The number of ketones is 1. The Kier molecular flexibility index (Phi) is 8.96. The molecule has 2 heterocycles. The standard InChI is InChI=1S/C26H19Cl2F3N4O3S/c27-18-9-20(24(32-12-18)34-25(38)16-3-1-2-15(8-16)14-39-7-6-36)23(37)17-11-33-35(13-17)19-4-5-22(28)21(10-19)26(29,30)31/h1-5,8-13,36H,6-7,14H2,(H,32,34,38). The molecule has 0 bridgehead atoms. The van der Waals surface area contributed by atoms with Crippen LogP contribution in [0.4, 0.5) is 19.0 Å². The van der Waals surface area contributed by atoms with Gasteiger partial charge in [-0.1, -0.05) is 35.3 Å². The number of amides is 1. The van der Waals surface area contributed by atoms with Crippen LogP contribution in [0.1, 0.15) is 37.4 Å². The number of alkyl halides is 3. The summed E-state index contributed by atoms with van der Waals surface area (Å²) in [5.74, 6) is 0.00431. The zero-order valence-corrected chi connectivity index (χ0v) is 22.2. The molecule has 0 saturated carbocycles. The lowest BCUT2D eigenvalue weighted by Crippen LogP contribution is -2.16. The molecule has 13 heteroatoms. The van der Waals surface area contributed by atoms with E-state index in [0.717, 1.165) is 22.4 Å². The predicted molar refractivity (Wildman–Crippen MR) is 144 cm³/mol. The number of carbonyl (C=O) groups is 2. The molecule has 0 aliphatic heterocycles. The second-order valence-corrected chi connectivity index (χ2v) is 10.1. The second kappa shape index (κ2) is 12.2. The van der Waals surface area contributed by atoms with Crippen LogP contribution in [0.5, 0.6) is 0 Å². The van der Waals surface area contributed by atoms with Crippen LogP contribution in [-0.4, -0.2) is 43.9 Å². The summed E-state index contributed by atoms with van der Waals surface area (Å²) in [5.41, 5.74) is 0.219. The van der Waals surface area contributed by atoms with E-state index in [1.165, 1.54) is 42.5 Å². The minimum absolute atomic E-state index is 0.0287. The highest BCUT2D eigenvalue weighted by Gasteiger charge is 2.33. The summed E-state index contributed by atoms with van der Waals surface area (Å²) in [4.78, 5) is 30.4. The summed E-state index contributed by atoms with van der Waals surface area (Å²) in [6.07, 6.45) is -0.960. The largest absolute Gasteiger partial charge is 0.417 e. The average Bonchev–Trinajstić information content (AvgIpc) is 3.39. The number of anilines is 1. The lowest BCUT2D eigenvalue weighted by molar-refractivity contribution is -0.137. The van der Waals surface area contributed by atoms with E-state index in [4.69, 9.17) is 28.3 Å². The van der Waals surface area contributed by atoms with Gasteiger partial charge in [0.05, 0.1) is 45.2 Å². The molecule has 0 saturated heterocycles. The Hall–Kier alpha value is -3.38. The Balaban J connectivity index is 1.58. The summed E-state index contributed by atoms with van der Waals surface area (Å²) < 4.78 is 40.9. The van der Waals surface area contributed by atoms with Gasteiger partial charge in [0, 0.05) is 29.5 Å². The van der Waals surface area contributed by atoms with Crippen LogP contribution in [0.25, 0.3) is 5.69 Å². The van der Waals surface area contributed by atoms with Crippen molar-refractivity contribution in [2.75, 3.05) is 17.7 Å². The lowest BCUT2D eigenvalue weighted by atomic mass is 10.1. The van der Waals surface area contributed by atoms with Gasteiger partial charge >= 0.3 is 6.18 Å². The summed E-state index contributed by atoms with van der Waals surface area (Å²) in [7, 11) is 0. The van der Waals surface area contributed by atoms with Crippen molar-refractivity contribution >= 4 is 52.5 Å². The number of halogens is 5. The van der Waals surface area contributed by atoms with Crippen molar-refractivity contribution in [1.82, 2.24) is 14.8 Å². The minimum atomic E-state index is -4.67. The Morgan fingerprint density at radius 1 is 1.05 bits per heavy atom. The fourth-order valence-corrected chi connectivity index (χ4v) is 4.63. The zero-order chi connectivity index (χ0) is 28.2. The zero-order valence-electron chi connectivity index (χ0n) is 19.9. The van der Waals surface area contributed by atoms with Gasteiger partial charge in [-0.3, -0.25) is 9.59 Å². The molecule has 0 unspecified atom stereocenters. The monoisotopic (exact) mass is 594 g/mol. The number of carbonyl (C=O) groups excluding carboxylic acids is 2. The van der Waals surface area contributed by atoms with E-state index in [1.54, 1.807) is 18.2 Å². The molecule has 4 aromatic rings. The normalized spacial score (nSPS) is 11.4. The van der Waals surface area contributed by atoms with Crippen LogP contribution in [0.2, 0.25) is 10.0 Å². The van der Waals surface area contributed by atoms with Crippen LogP contribution >= 0.6 is 35.0 Å². The van der Waals surface area contributed by atoms with E-state index in [2.05, 4.69) is 15.4 Å². The number of thioether (sulfide) groups is 1. The van der Waals surface area contributed by atoms with Gasteiger partial charge in [-0.2, -0.15) is 30.0 Å². The van der Waals surface area contributed by atoms with Gasteiger partial charge in [0.2, 0.25) is 0 Å². The van der Waals surface area contributed by atoms with Crippen molar-refractivity contribution in [1.29, 1.82) is 0 Å². The van der Waals surface area contributed by atoms with E-state index in [1.807, 2.05) is 6.07 Å². The van der Waals surface area contributed by atoms with Crippen LogP contribution in [0, 0.1) is 0 Å². The number of hydrogen-bond acceptors (Lipinski definition) is 6. The smallest absolute Gasteiger partial charge is 0.396 e. The molecule has 2 aromatic heterocycles. The van der Waals surface area contributed by atoms with Crippen LogP contribution < -0.4 is 5.32 Å². The Labute approximate surface area is 235 Å². The number of nitrogens with zero attached hydrogens (tertiary/aromatic N) is 3. The van der Waals surface area contributed by atoms with Crippen molar-refractivity contribution in [2.24, 2.45) is 0 Å². The number of benzene rings is 2. The van der Waals surface area contributed by atoms with Gasteiger partial charge in [0.1, 0.15) is 5.82 Å². The van der Waals surface area contributed by atoms with Crippen LogP contribution in [0.3, 0.4) is 0 Å². The number of hydrogen-bond donors (Lipinski definition) is 2. The highest BCUT2D eigenvalue weighted by atomic mass is 35.5. The molecule has 0 aliphatic carbocycles. The number of nitrogens with one attached hydrogen (secondary N) is 1. The molecule has 2 aromatic carbocycles. The van der Waals surface area contributed by atoms with Crippen molar-refractivity contribution in [3.05, 3.63) is 105 Å². The Morgan fingerprint density at radius 2 is 1.85 bits per heavy atom. The quantitative estimate of drug-likeness (QED) is 0.174. The van der Waals surface area contributed by atoms with E-state index in [0.29, 0.717) is 17.1 Å². The van der Waals surface area contributed by atoms with Crippen molar-refractivity contribution < 1.29 is 27.9 Å². The second-order valence-electron chi connectivity index (χ2n) is 8.15. The number of aliphatic hydroxyl groups excluding tert-OH is 1. The van der Waals surface area contributed by atoms with Crippen LogP contribution in [0.15, 0.2) is 67.1 Å². The first-order valence-electron chi connectivity index (χ1n) is 11.3. The first kappa shape index (κ1) is 28.6. The maximum atomic E-state index is 13.3. The molecule has 202 valence electrons. The number of aromatic nitrogens is 3. The highest BCUT2D eigenvalue weighted by Crippen LogP contribution is 2.36. The molecular weight excluding hydrogens is 576 g/mol. The molecule has 4 rings (SSSR count). The van der Waals surface area contributed by atoms with Crippen molar-refractivity contribution in [2.45, 2.75) is 11.9 Å². The summed E-state index contributed by atoms with van der Waals surface area (Å²) in [5, 5.41) is 15.3. The third kappa shape index (κ3) is 6.99. The maximum Gasteiger partial charge on any atom is 0.417 e. The van der Waals surface area contributed by atoms with E-state index in [-0.39, 0.29) is 34.3 Å². The van der Waals surface area contributed by atoms with Gasteiger partial charge in [-0.05, 0) is 42.0 Å². The topological polar surface area (TPSA) is 97.1 Å². The first-order valence-corrected chi connectivity index (χ1v) is 13.2. The maximum absolute atomic E-state index is 13.3. The highest BCUT2D eigenvalue weighted by molar-refractivity contribution is 7.98. The van der Waals surface area contributed by atoms with Gasteiger partial charge in [0.25, 0.3) is 5.91 Å². The van der Waals surface area contributed by atoms with Gasteiger partial charge < -0.3 is 10.4 Å². The summed E-state index contributed by atoms with van der Waals surface area (Å²) in [6, 6.07) is 11.5. The number of aliphatic hydroxyl groups is 1. The summed E-state index contributed by atoms with van der Waals surface area (Å²) >= 11 is 13.3. The predicted octanol–water partition coefficient (Wildman–Crippen LogP) is 6.30. The third-order valence-corrected chi connectivity index (χ3v) is 6.93. The van der Waals surface area contributed by atoms with E-state index >= 15 is 0 Å². The van der Waals surface area contributed by atoms with Crippen molar-refractivity contribution in [3.63, 3.8) is 0 Å². The number of rotatable bonds is 9. The summed E-state index contributed by atoms with van der Waals surface area (Å²) in [6.45, 7) is 0.0527. The SMILES string of the molecule is O=C(Nc1ncc(Cl)cc1C(=O)c1cnn(-c2ccc(Cl)c(C(F)(F)F)c2)c1)c1cccc(CSCCO)c1. The molecule has 0 fully saturated rings. The molecule has 0 atom stereocenters.